The van der Waals surface area contributed by atoms with Crippen molar-refractivity contribution in [3.05, 3.63) is 62.5 Å². The van der Waals surface area contributed by atoms with Crippen molar-refractivity contribution in [3.63, 3.8) is 0 Å². The van der Waals surface area contributed by atoms with Gasteiger partial charge < -0.3 is 0 Å². The van der Waals surface area contributed by atoms with Crippen LogP contribution in [0.25, 0.3) is 0 Å². The van der Waals surface area contributed by atoms with Gasteiger partial charge in [-0.05, 0) is 42.0 Å². The number of rotatable bonds is 7. The number of nitrogens with one attached hydrogen (secondary N) is 1. The molecule has 2 rings (SSSR count). The van der Waals surface area contributed by atoms with Crippen molar-refractivity contribution >= 4 is 60.9 Å². The molecule has 0 saturated heterocycles. The maximum Gasteiger partial charge on any atom is 0.240 e. The second-order valence-corrected chi connectivity index (χ2v) is 9.25. The number of benzene rings is 2. The van der Waals surface area contributed by atoms with Crippen molar-refractivity contribution < 1.29 is 8.42 Å². The van der Waals surface area contributed by atoms with E-state index in [0.717, 1.165) is 15.8 Å². The quantitative estimate of drug-likeness (QED) is 0.600. The van der Waals surface area contributed by atoms with E-state index in [9.17, 15) is 8.42 Å². The first-order chi connectivity index (χ1) is 10.9. The molecule has 0 aliphatic carbocycles. The summed E-state index contributed by atoms with van der Waals surface area (Å²) < 4.78 is 27.6. The molecule has 0 unspecified atom stereocenters. The van der Waals surface area contributed by atoms with Gasteiger partial charge in [-0.1, -0.05) is 45.2 Å². The Labute approximate surface area is 158 Å². The summed E-state index contributed by atoms with van der Waals surface area (Å²) in [6.07, 6.45) is 0. The Kier molecular flexibility index (Phi) is 7.25. The van der Waals surface area contributed by atoms with Crippen molar-refractivity contribution in [1.82, 2.24) is 4.72 Å². The lowest BCUT2D eigenvalue weighted by Gasteiger charge is -2.07. The van der Waals surface area contributed by atoms with Crippen LogP contribution in [-0.4, -0.2) is 20.7 Å². The second kappa shape index (κ2) is 8.74. The zero-order chi connectivity index (χ0) is 16.9. The minimum Gasteiger partial charge on any atom is -0.210 e. The molecule has 23 heavy (non-hydrogen) atoms. The normalized spacial score (nSPS) is 11.6. The maximum atomic E-state index is 12.1. The lowest BCUT2D eigenvalue weighted by Crippen LogP contribution is -2.26. The van der Waals surface area contributed by atoms with Gasteiger partial charge in [-0.3, -0.25) is 0 Å². The third-order valence-electron chi connectivity index (χ3n) is 2.92. The molecule has 0 aromatic heterocycles. The lowest BCUT2D eigenvalue weighted by atomic mass is 10.2. The second-order valence-electron chi connectivity index (χ2n) is 4.65. The van der Waals surface area contributed by atoms with Crippen LogP contribution >= 0.6 is 50.9 Å². The van der Waals surface area contributed by atoms with E-state index in [1.807, 2.05) is 12.1 Å². The Morgan fingerprint density at radius 3 is 2.39 bits per heavy atom. The minimum absolute atomic E-state index is 0.259. The third kappa shape index (κ3) is 5.96. The van der Waals surface area contributed by atoms with E-state index in [4.69, 9.17) is 23.2 Å². The summed E-state index contributed by atoms with van der Waals surface area (Å²) in [4.78, 5) is 0.259. The molecule has 0 aliphatic heterocycles. The van der Waals surface area contributed by atoms with Crippen LogP contribution < -0.4 is 4.72 Å². The van der Waals surface area contributed by atoms with Crippen LogP contribution in [0.2, 0.25) is 10.0 Å². The largest absolute Gasteiger partial charge is 0.240 e. The molecule has 2 aromatic rings. The van der Waals surface area contributed by atoms with Gasteiger partial charge in [0.05, 0.1) is 14.9 Å². The minimum atomic E-state index is -3.46. The van der Waals surface area contributed by atoms with Gasteiger partial charge >= 0.3 is 0 Å². The molecule has 2 aromatic carbocycles. The molecular formula is C15H14BrCl2NO2S2. The van der Waals surface area contributed by atoms with E-state index >= 15 is 0 Å². The predicted molar refractivity (Wildman–Crippen MR) is 102 cm³/mol. The lowest BCUT2D eigenvalue weighted by molar-refractivity contribution is 0.584. The Morgan fingerprint density at radius 2 is 1.74 bits per heavy atom. The fraction of sp³-hybridized carbons (Fsp3) is 0.200. The fourth-order valence-corrected chi connectivity index (χ4v) is 4.32. The van der Waals surface area contributed by atoms with Crippen LogP contribution in [0.3, 0.4) is 0 Å². The van der Waals surface area contributed by atoms with Crippen molar-refractivity contribution in [2.24, 2.45) is 0 Å². The summed E-state index contributed by atoms with van der Waals surface area (Å²) in [5.74, 6) is 1.41. The van der Waals surface area contributed by atoms with Crippen LogP contribution in [-0.2, 0) is 15.8 Å². The molecule has 0 fully saturated rings. The molecule has 0 saturated carbocycles. The van der Waals surface area contributed by atoms with Crippen molar-refractivity contribution in [3.8, 4) is 0 Å². The Balaban J connectivity index is 1.78. The highest BCUT2D eigenvalue weighted by Crippen LogP contribution is 2.24. The molecule has 0 atom stereocenters. The van der Waals surface area contributed by atoms with E-state index in [0.29, 0.717) is 22.3 Å². The summed E-state index contributed by atoms with van der Waals surface area (Å²) in [5.41, 5.74) is 1.06. The molecule has 1 N–H and O–H groups in total. The van der Waals surface area contributed by atoms with Gasteiger partial charge in [-0.15, -0.1) is 0 Å². The van der Waals surface area contributed by atoms with Gasteiger partial charge in [0, 0.05) is 22.5 Å². The number of hydrogen-bond donors (Lipinski definition) is 1. The zero-order valence-corrected chi connectivity index (χ0v) is 16.7. The van der Waals surface area contributed by atoms with Gasteiger partial charge in [0.2, 0.25) is 10.0 Å². The standard InChI is InChI=1S/C15H14BrCl2NO2S2/c16-12-2-4-13(5-3-12)23(20,21)19-7-8-22-10-11-1-6-14(17)15(18)9-11/h1-6,9,19H,7-8,10H2. The highest BCUT2D eigenvalue weighted by molar-refractivity contribution is 9.10. The van der Waals surface area contributed by atoms with Crippen LogP contribution in [0.5, 0.6) is 0 Å². The van der Waals surface area contributed by atoms with E-state index in [1.54, 1.807) is 42.1 Å². The molecule has 124 valence electrons. The van der Waals surface area contributed by atoms with Crippen molar-refractivity contribution in [2.45, 2.75) is 10.6 Å². The molecule has 0 bridgehead atoms. The highest BCUT2D eigenvalue weighted by Gasteiger charge is 2.12. The summed E-state index contributed by atoms with van der Waals surface area (Å²) in [6, 6.07) is 12.0. The summed E-state index contributed by atoms with van der Waals surface area (Å²) >= 11 is 16.7. The third-order valence-corrected chi connectivity index (χ3v) is 6.69. The van der Waals surface area contributed by atoms with Gasteiger partial charge in [-0.25, -0.2) is 13.1 Å². The molecule has 0 amide bonds. The summed E-state index contributed by atoms with van der Waals surface area (Å²) in [5, 5.41) is 1.06. The number of sulfonamides is 1. The van der Waals surface area contributed by atoms with Crippen LogP contribution in [0.1, 0.15) is 5.56 Å². The van der Waals surface area contributed by atoms with E-state index in [-0.39, 0.29) is 4.90 Å². The van der Waals surface area contributed by atoms with Gasteiger partial charge in [-0.2, -0.15) is 11.8 Å². The molecule has 0 radical (unpaired) electrons. The number of hydrogen-bond acceptors (Lipinski definition) is 3. The zero-order valence-electron chi connectivity index (χ0n) is 11.9. The first-order valence-electron chi connectivity index (χ1n) is 6.65. The predicted octanol–water partition coefficient (Wildman–Crippen LogP) is 4.97. The number of halogens is 3. The number of thioether (sulfide) groups is 1. The van der Waals surface area contributed by atoms with E-state index < -0.39 is 10.0 Å². The fourth-order valence-electron chi connectivity index (χ4n) is 1.76. The van der Waals surface area contributed by atoms with Gasteiger partial charge in [0.15, 0.2) is 0 Å². The Hall–Kier alpha value is -0.240. The van der Waals surface area contributed by atoms with Gasteiger partial charge in [0.25, 0.3) is 0 Å². The molecule has 0 spiro atoms. The van der Waals surface area contributed by atoms with Gasteiger partial charge in [0.1, 0.15) is 0 Å². The first-order valence-corrected chi connectivity index (χ1v) is 10.8. The highest BCUT2D eigenvalue weighted by atomic mass is 79.9. The molecule has 3 nitrogen and oxygen atoms in total. The van der Waals surface area contributed by atoms with Crippen molar-refractivity contribution in [1.29, 1.82) is 0 Å². The van der Waals surface area contributed by atoms with Crippen LogP contribution in [0.15, 0.2) is 51.8 Å². The molecule has 0 aliphatic rings. The molecule has 8 heteroatoms. The SMILES string of the molecule is O=S(=O)(NCCSCc1ccc(Cl)c(Cl)c1)c1ccc(Br)cc1. The Bertz CT molecular complexity index is 768. The monoisotopic (exact) mass is 453 g/mol. The molecule has 0 heterocycles. The summed E-state index contributed by atoms with van der Waals surface area (Å²) in [7, 11) is -3.46. The van der Waals surface area contributed by atoms with E-state index in [2.05, 4.69) is 20.7 Å². The first kappa shape index (κ1) is 19.1. The average molecular weight is 455 g/mol. The summed E-state index contributed by atoms with van der Waals surface area (Å²) in [6.45, 7) is 0.365. The van der Waals surface area contributed by atoms with Crippen LogP contribution in [0, 0.1) is 0 Å². The molecular weight excluding hydrogens is 441 g/mol. The Morgan fingerprint density at radius 1 is 1.04 bits per heavy atom. The smallest absolute Gasteiger partial charge is 0.210 e. The van der Waals surface area contributed by atoms with E-state index in [1.165, 1.54) is 0 Å². The topological polar surface area (TPSA) is 46.2 Å². The van der Waals surface area contributed by atoms with Crippen molar-refractivity contribution in [2.75, 3.05) is 12.3 Å². The maximum absolute atomic E-state index is 12.1. The van der Waals surface area contributed by atoms with Crippen LogP contribution in [0.4, 0.5) is 0 Å². The average Bonchev–Trinajstić information content (AvgIpc) is 2.51.